The number of esters is 4. The van der Waals surface area contributed by atoms with Gasteiger partial charge in [0.2, 0.25) is 0 Å². The maximum absolute atomic E-state index is 11.5. The van der Waals surface area contributed by atoms with E-state index >= 15 is 0 Å². The zero-order chi connectivity index (χ0) is 56.4. The Morgan fingerprint density at radius 2 is 0.605 bits per heavy atom. The molecule has 0 aliphatic carbocycles. The van der Waals surface area contributed by atoms with Crippen LogP contribution in [-0.2, 0) is 38.1 Å². The molecule has 0 spiro atoms. The average molecular weight is 1320 g/mol. The summed E-state index contributed by atoms with van der Waals surface area (Å²) in [7, 11) is 15.4. The van der Waals surface area contributed by atoms with Gasteiger partial charge in [-0.25, -0.2) is 0 Å². The predicted octanol–water partition coefficient (Wildman–Crippen LogP) is 7.01. The summed E-state index contributed by atoms with van der Waals surface area (Å²) >= 11 is 0. The molecular formula is C53H108O20S8. The minimum atomic E-state index is -1.53. The molecule has 0 aromatic rings. The van der Waals surface area contributed by atoms with Crippen LogP contribution in [0.3, 0.4) is 0 Å². The fourth-order valence-electron chi connectivity index (χ4n) is 6.82. The number of carbonyl (C=O) groups is 4. The van der Waals surface area contributed by atoms with Gasteiger partial charge in [-0.15, -0.1) is 0 Å². The van der Waals surface area contributed by atoms with E-state index in [2.05, 4.69) is 0 Å². The first-order valence-electron chi connectivity index (χ1n) is 26.2. The molecule has 4 aliphatic heterocycles. The molecule has 0 aromatic carbocycles. The third-order valence-electron chi connectivity index (χ3n) is 11.7. The Morgan fingerprint density at radius 3 is 0.840 bits per heavy atom. The fourth-order valence-corrected chi connectivity index (χ4v) is 18.9. The standard InChI is InChI=1S/C13H24O6S2.2C12H22O5S2.C11H20O4S2.5CH4/c14-7-10(15)13(18)11(16)8-19-12(17)4-2-1-3-9-5-6-20-21-9;2*13-7-10(14)11(15)8-17-12(16)4-2-1-3-9-5-6-18-19-9;12-7-9(13)8-15-11(14)4-2-1-3-10-5-6-16-17-10;;;;;/h9-11,13-16,18H,1-8H2;2*9-11,13-15H,1-8H2;9-10,12-13H,1-8H2;5*1H4/t9-,10-,11+,13-;9-,10+,11-;9-,10-,11+;9?,10-;;;;;/m1111...../s1. The molecule has 0 aromatic heterocycles. The largest absolute Gasteiger partial charge is 0.463 e. The van der Waals surface area contributed by atoms with Crippen molar-refractivity contribution < 1.29 is 99.4 Å². The van der Waals surface area contributed by atoms with Gasteiger partial charge in [0.15, 0.2) is 0 Å². The first-order valence-corrected chi connectivity index (χ1v) is 35.7. The molecule has 1 unspecified atom stereocenters. The number of aliphatic hydroxyl groups is 12. The van der Waals surface area contributed by atoms with Crippen LogP contribution in [0.4, 0.5) is 0 Å². The van der Waals surface area contributed by atoms with Crippen molar-refractivity contribution in [3.63, 3.8) is 0 Å². The Bertz CT molecular complexity index is 1400. The van der Waals surface area contributed by atoms with Gasteiger partial charge in [-0.3, -0.25) is 19.2 Å². The summed E-state index contributed by atoms with van der Waals surface area (Å²) in [4.78, 5) is 45.4. The SMILES string of the molecule is C.C.C.C.C.O=C(CCCC[C@@H]1CCSS1)OCC(O)CO.O=C(CCCC[C@@H]1CCSS1)OC[C@@H](O)[C@@H](O)CO.O=C(CCCC[C@@H]1CCSS1)OC[C@H](O)[C@H](O)CO.O=C(CCCC[C@@H]1CCSS1)OC[C@H](O)[C@H](O)[C@H](O)CO. The number of ether oxygens (including phenoxy) is 4. The summed E-state index contributed by atoms with van der Waals surface area (Å²) in [6.45, 7) is -3.15. The van der Waals surface area contributed by atoms with Crippen LogP contribution in [-0.4, -0.2) is 231 Å². The molecule has 4 heterocycles. The Labute approximate surface area is 517 Å². The second-order valence-corrected chi connectivity index (χ2v) is 29.5. The van der Waals surface area contributed by atoms with Crippen LogP contribution in [0, 0.1) is 0 Å². The van der Waals surface area contributed by atoms with Crippen LogP contribution in [0.15, 0.2) is 0 Å². The molecule has 4 fully saturated rings. The highest BCUT2D eigenvalue weighted by atomic mass is 33.1. The van der Waals surface area contributed by atoms with Gasteiger partial charge in [0.25, 0.3) is 0 Å². The van der Waals surface area contributed by atoms with Gasteiger partial charge in [0.05, 0.1) is 26.4 Å². The fraction of sp³-hybridized carbons (Fsp3) is 0.925. The molecule has 12 N–H and O–H groups in total. The molecule has 488 valence electrons. The lowest BCUT2D eigenvalue weighted by molar-refractivity contribution is -0.152. The van der Waals surface area contributed by atoms with Crippen LogP contribution in [0.5, 0.6) is 0 Å². The van der Waals surface area contributed by atoms with E-state index in [0.717, 1.165) is 86.4 Å². The molecule has 4 rings (SSSR count). The van der Waals surface area contributed by atoms with Gasteiger partial charge in [-0.1, -0.05) is 149 Å². The molecule has 0 bridgehead atoms. The maximum Gasteiger partial charge on any atom is 0.305 e. The van der Waals surface area contributed by atoms with Crippen molar-refractivity contribution in [2.45, 2.75) is 235 Å². The summed E-state index contributed by atoms with van der Waals surface area (Å²) in [6.07, 6.45) is 7.87. The lowest BCUT2D eigenvalue weighted by atomic mass is 10.1. The van der Waals surface area contributed by atoms with E-state index in [1.54, 1.807) is 0 Å². The quantitative estimate of drug-likeness (QED) is 0.0130. The number of carbonyl (C=O) groups excluding carboxylic acids is 4. The number of hydrogen-bond donors (Lipinski definition) is 12. The molecule has 0 amide bonds. The average Bonchev–Trinajstić information content (AvgIpc) is 4.31. The molecule has 4 aliphatic rings. The van der Waals surface area contributed by atoms with Crippen LogP contribution in [0.2, 0.25) is 0 Å². The molecule has 12 atom stereocenters. The van der Waals surface area contributed by atoms with E-state index in [4.69, 9.17) is 59.8 Å². The minimum Gasteiger partial charge on any atom is -0.463 e. The minimum absolute atomic E-state index is 0. The first kappa shape index (κ1) is 89.9. The Balaban J connectivity index is -0.000000311. The predicted molar refractivity (Wildman–Crippen MR) is 342 cm³/mol. The Morgan fingerprint density at radius 1 is 0.346 bits per heavy atom. The van der Waals surface area contributed by atoms with Crippen molar-refractivity contribution >= 4 is 110 Å². The number of rotatable bonds is 36. The highest BCUT2D eigenvalue weighted by molar-refractivity contribution is 8.78. The highest BCUT2D eigenvalue weighted by Gasteiger charge is 2.26. The van der Waals surface area contributed by atoms with Crippen molar-refractivity contribution in [3.05, 3.63) is 0 Å². The lowest BCUT2D eigenvalue weighted by Crippen LogP contribution is -2.42. The summed E-state index contributed by atoms with van der Waals surface area (Å²) in [5, 5.41) is 111. The van der Waals surface area contributed by atoms with Crippen molar-refractivity contribution in [2.75, 3.05) is 75.9 Å². The van der Waals surface area contributed by atoms with Gasteiger partial charge in [0.1, 0.15) is 75.3 Å². The molecular weight excluding hydrogens is 1210 g/mol. The maximum atomic E-state index is 11.5. The van der Waals surface area contributed by atoms with Crippen LogP contribution in [0.25, 0.3) is 0 Å². The monoisotopic (exact) mass is 1320 g/mol. The van der Waals surface area contributed by atoms with E-state index in [-0.39, 0.29) is 94.5 Å². The van der Waals surface area contributed by atoms with Crippen LogP contribution >= 0.6 is 86.4 Å². The Kier molecular flexibility index (Phi) is 65.7. The normalized spacial score (nSPS) is 20.8. The number of aliphatic hydroxyl groups excluding tert-OH is 12. The number of unbranched alkanes of at least 4 members (excludes halogenated alkanes) is 4. The second kappa shape index (κ2) is 59.2. The zero-order valence-electron chi connectivity index (χ0n) is 43.5. The van der Waals surface area contributed by atoms with Crippen molar-refractivity contribution in [3.8, 4) is 0 Å². The van der Waals surface area contributed by atoms with E-state index in [9.17, 15) is 39.6 Å². The van der Waals surface area contributed by atoms with Crippen LogP contribution < -0.4 is 0 Å². The lowest BCUT2D eigenvalue weighted by Gasteiger charge is -2.21. The summed E-state index contributed by atoms with van der Waals surface area (Å²) in [6, 6.07) is 0. The van der Waals surface area contributed by atoms with Gasteiger partial charge in [-0.05, 0) is 77.0 Å². The summed E-state index contributed by atoms with van der Waals surface area (Å²) in [5.74, 6) is 3.47. The topological polar surface area (TPSA) is 348 Å². The van der Waals surface area contributed by atoms with E-state index in [1.165, 1.54) is 55.1 Å². The van der Waals surface area contributed by atoms with Gasteiger partial charge < -0.3 is 80.2 Å². The first-order chi connectivity index (χ1) is 36.5. The zero-order valence-corrected chi connectivity index (χ0v) is 50.0. The molecule has 4 saturated heterocycles. The van der Waals surface area contributed by atoms with E-state index < -0.39 is 74.6 Å². The molecule has 0 radical (unpaired) electrons. The van der Waals surface area contributed by atoms with Crippen molar-refractivity contribution in [1.82, 2.24) is 0 Å². The van der Waals surface area contributed by atoms with Gasteiger partial charge in [0, 0.05) is 69.7 Å². The van der Waals surface area contributed by atoms with Crippen molar-refractivity contribution in [1.29, 1.82) is 0 Å². The molecule has 20 nitrogen and oxygen atoms in total. The molecule has 81 heavy (non-hydrogen) atoms. The van der Waals surface area contributed by atoms with Gasteiger partial charge in [-0.2, -0.15) is 0 Å². The van der Waals surface area contributed by atoms with Crippen molar-refractivity contribution in [2.24, 2.45) is 0 Å². The summed E-state index contributed by atoms with van der Waals surface area (Å²) < 4.78 is 19.3. The number of hydrogen-bond acceptors (Lipinski definition) is 28. The highest BCUT2D eigenvalue weighted by Crippen LogP contribution is 2.42. The Hall–Kier alpha value is 0.200. The van der Waals surface area contributed by atoms with E-state index in [0.29, 0.717) is 24.5 Å². The van der Waals surface area contributed by atoms with Crippen LogP contribution in [0.1, 0.15) is 166 Å². The smallest absolute Gasteiger partial charge is 0.305 e. The molecule has 0 saturated carbocycles. The van der Waals surface area contributed by atoms with Gasteiger partial charge >= 0.3 is 23.9 Å². The molecule has 28 heteroatoms. The second-order valence-electron chi connectivity index (χ2n) is 18.3. The third-order valence-corrected chi connectivity index (χ3v) is 23.7. The third kappa shape index (κ3) is 48.8. The summed E-state index contributed by atoms with van der Waals surface area (Å²) in [5.41, 5.74) is 0. The van der Waals surface area contributed by atoms with E-state index in [1.807, 2.05) is 86.4 Å².